The van der Waals surface area contributed by atoms with Gasteiger partial charge in [-0.1, -0.05) is 24.3 Å². The molecule has 206 valence electrons. The van der Waals surface area contributed by atoms with Crippen LogP contribution in [0.2, 0.25) is 0 Å². The van der Waals surface area contributed by atoms with Crippen LogP contribution >= 0.6 is 0 Å². The first-order valence-electron chi connectivity index (χ1n) is 12.5. The number of carbonyl (C=O) groups excluding carboxylic acids is 2. The summed E-state index contributed by atoms with van der Waals surface area (Å²) in [6, 6.07) is 12.3. The Bertz CT molecular complexity index is 1280. The van der Waals surface area contributed by atoms with Crippen molar-refractivity contribution < 1.29 is 32.2 Å². The molecule has 1 amide bonds. The lowest BCUT2D eigenvalue weighted by Gasteiger charge is -2.26. The molecule has 1 atom stereocenters. The lowest BCUT2D eigenvalue weighted by Crippen LogP contribution is -2.41. The summed E-state index contributed by atoms with van der Waals surface area (Å²) in [4.78, 5) is 33.6. The predicted octanol–water partition coefficient (Wildman–Crippen LogP) is 5.32. The van der Waals surface area contributed by atoms with Gasteiger partial charge in [0, 0.05) is 37.7 Å². The molecule has 39 heavy (non-hydrogen) atoms. The molecule has 1 fully saturated rings. The zero-order valence-corrected chi connectivity index (χ0v) is 21.4. The van der Waals surface area contributed by atoms with Crippen molar-refractivity contribution in [2.45, 2.75) is 38.4 Å². The first-order chi connectivity index (χ1) is 18.7. The Morgan fingerprint density at radius 2 is 1.79 bits per heavy atom. The predicted molar refractivity (Wildman–Crippen MR) is 138 cm³/mol. The van der Waals surface area contributed by atoms with Crippen LogP contribution < -0.4 is 15.4 Å². The van der Waals surface area contributed by atoms with Crippen molar-refractivity contribution in [3.8, 4) is 6.01 Å². The fourth-order valence-corrected chi connectivity index (χ4v) is 4.46. The standard InChI is InChI=1S/C28H29F3N4O4/c1-38-26-33-16-20(17-34-26)24(36)7-4-12-27(13-14-39-18-27)25(37)32-15-19-8-10-21(11-9-19)35-23-6-3-2-5-22(23)28(29,30)31/h2-3,5-6,8-11,16-17,35H,4,7,12-15,18H2,1H3,(H,32,37). The third kappa shape index (κ3) is 7.11. The van der Waals surface area contributed by atoms with Crippen LogP contribution in [0.25, 0.3) is 0 Å². The number of hydrogen-bond donors (Lipinski definition) is 2. The van der Waals surface area contributed by atoms with Gasteiger partial charge in [0.05, 0.1) is 35.9 Å². The molecule has 0 aliphatic carbocycles. The summed E-state index contributed by atoms with van der Waals surface area (Å²) >= 11 is 0. The van der Waals surface area contributed by atoms with Crippen LogP contribution in [0.1, 0.15) is 47.2 Å². The van der Waals surface area contributed by atoms with Gasteiger partial charge in [0.15, 0.2) is 5.78 Å². The number of rotatable bonds is 11. The molecule has 1 aromatic heterocycles. The molecule has 8 nitrogen and oxygen atoms in total. The van der Waals surface area contributed by atoms with Gasteiger partial charge in [0.2, 0.25) is 5.91 Å². The Hall–Kier alpha value is -3.99. The minimum absolute atomic E-state index is 0.0350. The van der Waals surface area contributed by atoms with E-state index < -0.39 is 17.2 Å². The molecule has 4 rings (SSSR count). The molecular weight excluding hydrogens is 513 g/mol. The number of hydrogen-bond acceptors (Lipinski definition) is 7. The van der Waals surface area contributed by atoms with Crippen LogP contribution in [0, 0.1) is 5.41 Å². The van der Waals surface area contributed by atoms with Gasteiger partial charge in [0.1, 0.15) is 0 Å². The average molecular weight is 543 g/mol. The third-order valence-electron chi connectivity index (χ3n) is 6.70. The van der Waals surface area contributed by atoms with E-state index in [-0.39, 0.29) is 43.0 Å². The van der Waals surface area contributed by atoms with E-state index in [0.717, 1.165) is 11.6 Å². The molecule has 1 aliphatic heterocycles. The number of Topliss-reactive ketones (excluding diaryl/α,β-unsaturated/α-hetero) is 1. The van der Waals surface area contributed by atoms with E-state index >= 15 is 0 Å². The number of para-hydroxylation sites is 1. The number of amides is 1. The summed E-state index contributed by atoms with van der Waals surface area (Å²) in [5.74, 6) is -0.264. The molecule has 0 spiro atoms. The summed E-state index contributed by atoms with van der Waals surface area (Å²) in [7, 11) is 1.44. The third-order valence-corrected chi connectivity index (χ3v) is 6.70. The summed E-state index contributed by atoms with van der Waals surface area (Å²) in [6.45, 7) is 0.996. The number of benzene rings is 2. The summed E-state index contributed by atoms with van der Waals surface area (Å²) in [5.41, 5.74) is 0.170. The van der Waals surface area contributed by atoms with Crippen molar-refractivity contribution in [3.05, 3.63) is 77.6 Å². The van der Waals surface area contributed by atoms with Gasteiger partial charge in [-0.15, -0.1) is 0 Å². The molecule has 1 aliphatic rings. The minimum Gasteiger partial charge on any atom is -0.467 e. The molecule has 1 saturated heterocycles. The largest absolute Gasteiger partial charge is 0.467 e. The second-order valence-corrected chi connectivity index (χ2v) is 9.37. The molecular formula is C28H29F3N4O4. The van der Waals surface area contributed by atoms with Gasteiger partial charge >= 0.3 is 12.2 Å². The lowest BCUT2D eigenvalue weighted by atomic mass is 9.80. The number of nitrogens with one attached hydrogen (secondary N) is 2. The van der Waals surface area contributed by atoms with Crippen LogP contribution in [0.3, 0.4) is 0 Å². The molecule has 11 heteroatoms. The van der Waals surface area contributed by atoms with Crippen LogP contribution in [0.4, 0.5) is 24.5 Å². The number of carbonyl (C=O) groups is 2. The maximum atomic E-state index is 13.3. The molecule has 1 unspecified atom stereocenters. The Kier molecular flexibility index (Phi) is 8.80. The van der Waals surface area contributed by atoms with E-state index in [1.807, 2.05) is 0 Å². The minimum atomic E-state index is -4.47. The Labute approximate surface area is 224 Å². The summed E-state index contributed by atoms with van der Waals surface area (Å²) in [6.07, 6.45) is 0.169. The monoisotopic (exact) mass is 542 g/mol. The highest BCUT2D eigenvalue weighted by Crippen LogP contribution is 2.36. The maximum absolute atomic E-state index is 13.3. The smallest absolute Gasteiger partial charge is 0.418 e. The van der Waals surface area contributed by atoms with Crippen LogP contribution in [0.15, 0.2) is 60.9 Å². The van der Waals surface area contributed by atoms with Crippen molar-refractivity contribution in [2.75, 3.05) is 25.6 Å². The van der Waals surface area contributed by atoms with E-state index in [1.54, 1.807) is 24.3 Å². The molecule has 2 aromatic carbocycles. The average Bonchev–Trinajstić information content (AvgIpc) is 3.42. The zero-order valence-electron chi connectivity index (χ0n) is 21.4. The SMILES string of the molecule is COc1ncc(C(=O)CCCC2(C(=O)NCc3ccc(Nc4ccccc4C(F)(F)F)cc3)CCOC2)cn1. The van der Waals surface area contributed by atoms with Crippen molar-refractivity contribution in [1.82, 2.24) is 15.3 Å². The second-order valence-electron chi connectivity index (χ2n) is 9.37. The highest BCUT2D eigenvalue weighted by atomic mass is 19.4. The molecule has 0 radical (unpaired) electrons. The van der Waals surface area contributed by atoms with E-state index in [4.69, 9.17) is 9.47 Å². The highest BCUT2D eigenvalue weighted by Gasteiger charge is 2.41. The fourth-order valence-electron chi connectivity index (χ4n) is 4.46. The molecule has 2 N–H and O–H groups in total. The zero-order chi connectivity index (χ0) is 27.9. The number of methoxy groups -OCH3 is 1. The number of ether oxygens (including phenoxy) is 2. The van der Waals surface area contributed by atoms with Gasteiger partial charge in [-0.25, -0.2) is 9.97 Å². The van der Waals surface area contributed by atoms with Crippen LogP contribution in [-0.2, 0) is 22.3 Å². The van der Waals surface area contributed by atoms with Crippen LogP contribution in [0.5, 0.6) is 6.01 Å². The van der Waals surface area contributed by atoms with E-state index in [9.17, 15) is 22.8 Å². The Balaban J connectivity index is 1.30. The molecule has 0 bridgehead atoms. The summed E-state index contributed by atoms with van der Waals surface area (Å²) < 4.78 is 50.2. The van der Waals surface area contributed by atoms with Crippen LogP contribution in [-0.4, -0.2) is 42.0 Å². The Morgan fingerprint density at radius 1 is 1.08 bits per heavy atom. The molecule has 2 heterocycles. The first-order valence-corrected chi connectivity index (χ1v) is 12.5. The quantitative estimate of drug-likeness (QED) is 0.316. The maximum Gasteiger partial charge on any atom is 0.418 e. The van der Waals surface area contributed by atoms with E-state index in [1.165, 1.54) is 37.7 Å². The second kappa shape index (κ2) is 12.2. The lowest BCUT2D eigenvalue weighted by molar-refractivity contribution is -0.137. The number of anilines is 2. The highest BCUT2D eigenvalue weighted by molar-refractivity contribution is 5.95. The topological polar surface area (TPSA) is 102 Å². The van der Waals surface area contributed by atoms with Crippen molar-refractivity contribution in [3.63, 3.8) is 0 Å². The van der Waals surface area contributed by atoms with Gasteiger partial charge in [-0.2, -0.15) is 13.2 Å². The van der Waals surface area contributed by atoms with Gasteiger partial charge < -0.3 is 20.1 Å². The number of halogens is 3. The number of aromatic nitrogens is 2. The van der Waals surface area contributed by atoms with Crippen molar-refractivity contribution in [2.24, 2.45) is 5.41 Å². The molecule has 3 aromatic rings. The number of nitrogens with zero attached hydrogens (tertiary/aromatic N) is 2. The van der Waals surface area contributed by atoms with Gasteiger partial charge in [0.25, 0.3) is 0 Å². The van der Waals surface area contributed by atoms with Crippen molar-refractivity contribution >= 4 is 23.1 Å². The number of alkyl halides is 3. The number of ketones is 1. The van der Waals surface area contributed by atoms with Crippen molar-refractivity contribution in [1.29, 1.82) is 0 Å². The van der Waals surface area contributed by atoms with E-state index in [0.29, 0.717) is 37.1 Å². The fraction of sp³-hybridized carbons (Fsp3) is 0.357. The molecule has 0 saturated carbocycles. The van der Waals surface area contributed by atoms with Gasteiger partial charge in [-0.3, -0.25) is 9.59 Å². The normalized spacial score (nSPS) is 17.0. The Morgan fingerprint density at radius 3 is 2.44 bits per heavy atom. The van der Waals surface area contributed by atoms with Gasteiger partial charge in [-0.05, 0) is 49.1 Å². The van der Waals surface area contributed by atoms with E-state index in [2.05, 4.69) is 20.6 Å². The first kappa shape index (κ1) is 28.0. The summed E-state index contributed by atoms with van der Waals surface area (Å²) in [5, 5.41) is 5.76.